The van der Waals surface area contributed by atoms with Crippen LogP contribution in [-0.2, 0) is 9.84 Å². The van der Waals surface area contributed by atoms with Gasteiger partial charge in [0, 0.05) is 12.0 Å². The maximum atomic E-state index is 12.5. The van der Waals surface area contributed by atoms with Crippen LogP contribution in [-0.4, -0.2) is 27.3 Å². The van der Waals surface area contributed by atoms with E-state index in [1.54, 1.807) is 6.07 Å². The number of benzene rings is 1. The number of likely N-dealkylation sites (N-methyl/N-ethyl adjacent to an activating group) is 1. The number of hydrogen-bond acceptors (Lipinski definition) is 3. The average Bonchev–Trinajstić information content (AvgIpc) is 2.38. The van der Waals surface area contributed by atoms with Crippen molar-refractivity contribution in [3.8, 4) is 0 Å². The summed E-state index contributed by atoms with van der Waals surface area (Å²) in [7, 11) is -1.27. The standard InChI is InChI=1S/C16H27NO2S/c1-6-11-20(18,19)15-10-8-7-9-14(15)16(12(2)3)13(4)17-5/h7-10,12-13,16-17H,6,11H2,1-5H3. The van der Waals surface area contributed by atoms with Crippen LogP contribution in [0.25, 0.3) is 0 Å². The highest BCUT2D eigenvalue weighted by atomic mass is 32.2. The largest absolute Gasteiger partial charge is 0.317 e. The summed E-state index contributed by atoms with van der Waals surface area (Å²) < 4.78 is 24.9. The van der Waals surface area contributed by atoms with E-state index in [0.29, 0.717) is 17.2 Å². The fourth-order valence-electron chi connectivity index (χ4n) is 2.80. The maximum absolute atomic E-state index is 12.5. The third-order valence-electron chi connectivity index (χ3n) is 3.80. The first-order valence-electron chi connectivity index (χ1n) is 7.34. The molecular formula is C16H27NO2S. The van der Waals surface area contributed by atoms with Crippen molar-refractivity contribution in [1.29, 1.82) is 0 Å². The van der Waals surface area contributed by atoms with Crippen molar-refractivity contribution < 1.29 is 8.42 Å². The monoisotopic (exact) mass is 297 g/mol. The van der Waals surface area contributed by atoms with Crippen LogP contribution in [0.3, 0.4) is 0 Å². The molecule has 4 heteroatoms. The minimum Gasteiger partial charge on any atom is -0.317 e. The smallest absolute Gasteiger partial charge is 0.178 e. The highest BCUT2D eigenvalue weighted by Gasteiger charge is 2.27. The van der Waals surface area contributed by atoms with Crippen LogP contribution in [0.2, 0.25) is 0 Å². The van der Waals surface area contributed by atoms with E-state index in [0.717, 1.165) is 5.56 Å². The van der Waals surface area contributed by atoms with Crippen molar-refractivity contribution in [1.82, 2.24) is 5.32 Å². The summed E-state index contributed by atoms with van der Waals surface area (Å²) in [5.41, 5.74) is 0.942. The summed E-state index contributed by atoms with van der Waals surface area (Å²) in [6.07, 6.45) is 0.643. The van der Waals surface area contributed by atoms with Gasteiger partial charge in [-0.25, -0.2) is 8.42 Å². The SMILES string of the molecule is CCCS(=O)(=O)c1ccccc1C(C(C)C)C(C)NC. The minimum atomic E-state index is -3.19. The molecule has 0 amide bonds. The van der Waals surface area contributed by atoms with Crippen molar-refractivity contribution in [2.45, 2.75) is 51.0 Å². The Labute approximate surface area is 123 Å². The van der Waals surface area contributed by atoms with E-state index in [-0.39, 0.29) is 17.7 Å². The van der Waals surface area contributed by atoms with Crippen molar-refractivity contribution in [2.24, 2.45) is 5.92 Å². The fraction of sp³-hybridized carbons (Fsp3) is 0.625. The van der Waals surface area contributed by atoms with E-state index in [4.69, 9.17) is 0 Å². The van der Waals surface area contributed by atoms with Gasteiger partial charge >= 0.3 is 0 Å². The molecule has 0 saturated heterocycles. The molecule has 2 unspecified atom stereocenters. The van der Waals surface area contributed by atoms with Crippen LogP contribution < -0.4 is 5.32 Å². The van der Waals surface area contributed by atoms with Gasteiger partial charge in [-0.1, -0.05) is 39.0 Å². The van der Waals surface area contributed by atoms with Gasteiger partial charge in [0.2, 0.25) is 0 Å². The Bertz CT molecular complexity index is 523. The predicted octanol–water partition coefficient (Wildman–Crippen LogP) is 3.22. The topological polar surface area (TPSA) is 46.2 Å². The molecular weight excluding hydrogens is 270 g/mol. The van der Waals surface area contributed by atoms with Gasteiger partial charge in [0.25, 0.3) is 0 Å². The Hall–Kier alpha value is -0.870. The molecule has 2 atom stereocenters. The number of hydrogen-bond donors (Lipinski definition) is 1. The Morgan fingerprint density at radius 3 is 2.25 bits per heavy atom. The van der Waals surface area contributed by atoms with Crippen molar-refractivity contribution in [3.63, 3.8) is 0 Å². The Morgan fingerprint density at radius 1 is 1.15 bits per heavy atom. The van der Waals surface area contributed by atoms with Crippen LogP contribution >= 0.6 is 0 Å². The lowest BCUT2D eigenvalue weighted by molar-refractivity contribution is 0.390. The first-order valence-corrected chi connectivity index (χ1v) is 8.99. The summed E-state index contributed by atoms with van der Waals surface area (Å²) >= 11 is 0. The molecule has 0 radical (unpaired) electrons. The van der Waals surface area contributed by atoms with Crippen LogP contribution in [0.15, 0.2) is 29.2 Å². The summed E-state index contributed by atoms with van der Waals surface area (Å²) in [6.45, 7) is 8.29. The van der Waals surface area contributed by atoms with E-state index in [9.17, 15) is 8.42 Å². The van der Waals surface area contributed by atoms with Crippen LogP contribution in [0.1, 0.15) is 45.6 Å². The zero-order valence-corrected chi connectivity index (χ0v) is 14.0. The van der Waals surface area contributed by atoms with Crippen LogP contribution in [0.5, 0.6) is 0 Å². The summed E-state index contributed by atoms with van der Waals surface area (Å²) in [5.74, 6) is 0.765. The lowest BCUT2D eigenvalue weighted by atomic mass is 9.83. The van der Waals surface area contributed by atoms with Crippen molar-refractivity contribution in [2.75, 3.05) is 12.8 Å². The van der Waals surface area contributed by atoms with E-state index in [1.807, 2.05) is 32.2 Å². The molecule has 0 saturated carbocycles. The zero-order valence-electron chi connectivity index (χ0n) is 13.2. The molecule has 0 aliphatic heterocycles. The lowest BCUT2D eigenvalue weighted by Gasteiger charge is -2.29. The quantitative estimate of drug-likeness (QED) is 0.840. The van der Waals surface area contributed by atoms with Crippen LogP contribution in [0.4, 0.5) is 0 Å². The Kier molecular flexibility index (Phi) is 6.21. The molecule has 20 heavy (non-hydrogen) atoms. The molecule has 0 aliphatic rings. The van der Waals surface area contributed by atoms with Crippen LogP contribution in [0, 0.1) is 5.92 Å². The summed E-state index contributed by atoms with van der Waals surface area (Å²) in [6, 6.07) is 7.68. The number of nitrogens with one attached hydrogen (secondary N) is 1. The summed E-state index contributed by atoms with van der Waals surface area (Å²) in [5, 5.41) is 3.26. The van der Waals surface area contributed by atoms with E-state index < -0.39 is 9.84 Å². The second kappa shape index (κ2) is 7.23. The molecule has 0 aliphatic carbocycles. The third-order valence-corrected chi connectivity index (χ3v) is 5.79. The number of rotatable bonds is 7. The van der Waals surface area contributed by atoms with Gasteiger partial charge in [-0.3, -0.25) is 0 Å². The van der Waals surface area contributed by atoms with Gasteiger partial charge in [0.05, 0.1) is 10.6 Å². The predicted molar refractivity (Wildman–Crippen MR) is 84.9 cm³/mol. The van der Waals surface area contributed by atoms with Gasteiger partial charge in [0.1, 0.15) is 0 Å². The zero-order chi connectivity index (χ0) is 15.3. The third kappa shape index (κ3) is 3.83. The molecule has 1 aromatic carbocycles. The van der Waals surface area contributed by atoms with Gasteiger partial charge in [0.15, 0.2) is 9.84 Å². The molecule has 1 aromatic rings. The molecule has 114 valence electrons. The normalized spacial score (nSPS) is 15.3. The molecule has 1 rings (SSSR count). The maximum Gasteiger partial charge on any atom is 0.178 e. The van der Waals surface area contributed by atoms with E-state index >= 15 is 0 Å². The highest BCUT2D eigenvalue weighted by Crippen LogP contribution is 2.33. The Balaban J connectivity index is 3.37. The first kappa shape index (κ1) is 17.2. The first-order chi connectivity index (χ1) is 9.35. The summed E-state index contributed by atoms with van der Waals surface area (Å²) in [4.78, 5) is 0.502. The van der Waals surface area contributed by atoms with Gasteiger partial charge in [-0.2, -0.15) is 0 Å². The fourth-order valence-corrected chi connectivity index (χ4v) is 4.41. The van der Waals surface area contributed by atoms with E-state index in [1.165, 1.54) is 0 Å². The van der Waals surface area contributed by atoms with Gasteiger partial charge in [-0.15, -0.1) is 0 Å². The molecule has 1 N–H and O–H groups in total. The van der Waals surface area contributed by atoms with Gasteiger partial charge in [-0.05, 0) is 37.9 Å². The average molecular weight is 297 g/mol. The molecule has 0 heterocycles. The lowest BCUT2D eigenvalue weighted by Crippen LogP contribution is -2.33. The molecule has 0 aromatic heterocycles. The number of sulfone groups is 1. The van der Waals surface area contributed by atoms with Gasteiger partial charge < -0.3 is 5.32 Å². The minimum absolute atomic E-state index is 0.183. The second-order valence-electron chi connectivity index (χ2n) is 5.70. The van der Waals surface area contributed by atoms with Crippen molar-refractivity contribution in [3.05, 3.63) is 29.8 Å². The Morgan fingerprint density at radius 2 is 1.75 bits per heavy atom. The van der Waals surface area contributed by atoms with Crippen molar-refractivity contribution >= 4 is 9.84 Å². The molecule has 0 bridgehead atoms. The molecule has 0 fully saturated rings. The highest BCUT2D eigenvalue weighted by molar-refractivity contribution is 7.91. The second-order valence-corrected chi connectivity index (χ2v) is 7.78. The molecule has 3 nitrogen and oxygen atoms in total. The van der Waals surface area contributed by atoms with E-state index in [2.05, 4.69) is 26.1 Å². The molecule has 0 spiro atoms.